The Morgan fingerprint density at radius 2 is 1.75 bits per heavy atom. The van der Waals surface area contributed by atoms with Crippen LogP contribution in [0.5, 0.6) is 0 Å². The van der Waals surface area contributed by atoms with Gasteiger partial charge in [0.2, 0.25) is 0 Å². The van der Waals surface area contributed by atoms with Gasteiger partial charge in [0.15, 0.2) is 0 Å². The molecular formula is C14H28N2. The minimum absolute atomic E-state index is 0.731. The molecule has 2 heterocycles. The lowest BCUT2D eigenvalue weighted by Gasteiger charge is -2.42. The summed E-state index contributed by atoms with van der Waals surface area (Å²) in [7, 11) is 0. The number of hydrogen-bond acceptors (Lipinski definition) is 2. The van der Waals surface area contributed by atoms with Crippen LogP contribution >= 0.6 is 0 Å². The third-order valence-corrected chi connectivity index (χ3v) is 4.58. The lowest BCUT2D eigenvalue weighted by atomic mass is 9.89. The van der Waals surface area contributed by atoms with Crippen LogP contribution in [0.2, 0.25) is 0 Å². The van der Waals surface area contributed by atoms with E-state index in [-0.39, 0.29) is 0 Å². The third-order valence-electron chi connectivity index (χ3n) is 4.58. The monoisotopic (exact) mass is 224 g/mol. The number of nitrogens with zero attached hydrogens (tertiary/aromatic N) is 1. The number of hydrogen-bond donors (Lipinski definition) is 1. The zero-order chi connectivity index (χ0) is 11.5. The van der Waals surface area contributed by atoms with Crippen LogP contribution in [0.4, 0.5) is 0 Å². The molecule has 0 aromatic carbocycles. The first-order chi connectivity index (χ1) is 7.66. The first-order valence-electron chi connectivity index (χ1n) is 7.16. The van der Waals surface area contributed by atoms with Gasteiger partial charge in [0, 0.05) is 24.7 Å². The van der Waals surface area contributed by atoms with Crippen LogP contribution in [0.25, 0.3) is 0 Å². The lowest BCUT2D eigenvalue weighted by Crippen LogP contribution is -2.48. The van der Waals surface area contributed by atoms with Gasteiger partial charge >= 0.3 is 0 Å². The van der Waals surface area contributed by atoms with Gasteiger partial charge in [0.25, 0.3) is 0 Å². The van der Waals surface area contributed by atoms with Gasteiger partial charge < -0.3 is 5.32 Å². The molecular weight excluding hydrogens is 196 g/mol. The average Bonchev–Trinajstić information content (AvgIpc) is 2.24. The van der Waals surface area contributed by atoms with Gasteiger partial charge in [-0.25, -0.2) is 0 Å². The van der Waals surface area contributed by atoms with E-state index in [1.807, 2.05) is 0 Å². The molecule has 0 radical (unpaired) electrons. The maximum Gasteiger partial charge on any atom is 0.00698 e. The summed E-state index contributed by atoms with van der Waals surface area (Å²) >= 11 is 0. The van der Waals surface area contributed by atoms with Crippen molar-refractivity contribution in [3.05, 3.63) is 0 Å². The maximum absolute atomic E-state index is 3.55. The van der Waals surface area contributed by atoms with Crippen molar-refractivity contribution in [2.45, 2.75) is 71.0 Å². The van der Waals surface area contributed by atoms with E-state index in [9.17, 15) is 0 Å². The maximum atomic E-state index is 3.55. The summed E-state index contributed by atoms with van der Waals surface area (Å²) in [6.45, 7) is 9.73. The molecule has 2 heteroatoms. The fraction of sp³-hybridized carbons (Fsp3) is 1.00. The number of rotatable bonds is 2. The fourth-order valence-corrected chi connectivity index (χ4v) is 3.53. The van der Waals surface area contributed by atoms with Crippen LogP contribution < -0.4 is 5.32 Å². The van der Waals surface area contributed by atoms with Gasteiger partial charge in [0.05, 0.1) is 0 Å². The predicted octanol–water partition coefficient (Wildman–Crippen LogP) is 2.64. The highest BCUT2D eigenvalue weighted by Crippen LogP contribution is 2.26. The van der Waals surface area contributed by atoms with Crippen molar-refractivity contribution < 1.29 is 0 Å². The number of likely N-dealkylation sites (tertiary alicyclic amines) is 1. The Hall–Kier alpha value is -0.0800. The molecule has 1 N–H and O–H groups in total. The van der Waals surface area contributed by atoms with Crippen LogP contribution in [-0.2, 0) is 0 Å². The van der Waals surface area contributed by atoms with Gasteiger partial charge in [-0.05, 0) is 58.9 Å². The smallest absolute Gasteiger partial charge is 0.00698 e. The Kier molecular flexibility index (Phi) is 4.26. The van der Waals surface area contributed by atoms with Crippen LogP contribution in [0.15, 0.2) is 0 Å². The fourth-order valence-electron chi connectivity index (χ4n) is 3.53. The summed E-state index contributed by atoms with van der Waals surface area (Å²) in [6, 6.07) is 2.36. The standard InChI is InChI=1S/C14H28N2/c1-11-9-14(7-8-15-11)10-16-12(2)5-4-6-13(16)3/h11-15H,4-10H2,1-3H3. The number of nitrogens with one attached hydrogen (secondary N) is 1. The third kappa shape index (κ3) is 2.98. The zero-order valence-corrected chi connectivity index (χ0v) is 11.2. The van der Waals surface area contributed by atoms with Crippen molar-refractivity contribution in [1.29, 1.82) is 0 Å². The molecule has 94 valence electrons. The highest BCUT2D eigenvalue weighted by molar-refractivity contribution is 4.84. The van der Waals surface area contributed by atoms with E-state index in [0.717, 1.165) is 24.0 Å². The van der Waals surface area contributed by atoms with Crippen molar-refractivity contribution >= 4 is 0 Å². The zero-order valence-electron chi connectivity index (χ0n) is 11.2. The van der Waals surface area contributed by atoms with E-state index in [4.69, 9.17) is 0 Å². The molecule has 4 unspecified atom stereocenters. The lowest BCUT2D eigenvalue weighted by molar-refractivity contribution is 0.0735. The van der Waals surface area contributed by atoms with Gasteiger partial charge in [0.1, 0.15) is 0 Å². The minimum atomic E-state index is 0.731. The molecule has 0 aromatic heterocycles. The molecule has 0 amide bonds. The summed E-state index contributed by atoms with van der Waals surface area (Å²) in [6.07, 6.45) is 6.99. The van der Waals surface area contributed by atoms with E-state index < -0.39 is 0 Å². The molecule has 4 atom stereocenters. The second-order valence-electron chi connectivity index (χ2n) is 6.07. The van der Waals surface area contributed by atoms with E-state index >= 15 is 0 Å². The SMILES string of the molecule is CC1CC(CN2C(C)CCCC2C)CCN1. The molecule has 2 rings (SSSR count). The average molecular weight is 224 g/mol. The Labute approximate surface area is 101 Å². The molecule has 2 fully saturated rings. The van der Waals surface area contributed by atoms with Gasteiger partial charge in [-0.1, -0.05) is 6.42 Å². The summed E-state index contributed by atoms with van der Waals surface area (Å²) in [5, 5.41) is 3.55. The van der Waals surface area contributed by atoms with E-state index in [2.05, 4.69) is 31.0 Å². The first kappa shape index (κ1) is 12.4. The molecule has 2 aliphatic heterocycles. The predicted molar refractivity (Wildman–Crippen MR) is 69.7 cm³/mol. The Morgan fingerprint density at radius 1 is 1.06 bits per heavy atom. The summed E-state index contributed by atoms with van der Waals surface area (Å²) < 4.78 is 0. The van der Waals surface area contributed by atoms with E-state index in [1.54, 1.807) is 0 Å². The van der Waals surface area contributed by atoms with Crippen LogP contribution in [-0.4, -0.2) is 36.1 Å². The Balaban J connectivity index is 1.86. The van der Waals surface area contributed by atoms with E-state index in [1.165, 1.54) is 45.2 Å². The van der Waals surface area contributed by atoms with Crippen molar-refractivity contribution in [2.24, 2.45) is 5.92 Å². The number of piperidine rings is 2. The molecule has 0 aliphatic carbocycles. The summed E-state index contributed by atoms with van der Waals surface area (Å²) in [5.41, 5.74) is 0. The van der Waals surface area contributed by atoms with E-state index in [0.29, 0.717) is 0 Å². The summed E-state index contributed by atoms with van der Waals surface area (Å²) in [4.78, 5) is 2.77. The first-order valence-corrected chi connectivity index (χ1v) is 7.16. The van der Waals surface area contributed by atoms with Crippen molar-refractivity contribution in [1.82, 2.24) is 10.2 Å². The molecule has 2 aliphatic rings. The molecule has 0 aromatic rings. The van der Waals surface area contributed by atoms with Crippen molar-refractivity contribution in [3.63, 3.8) is 0 Å². The van der Waals surface area contributed by atoms with Gasteiger partial charge in [-0.15, -0.1) is 0 Å². The largest absolute Gasteiger partial charge is 0.314 e. The molecule has 0 spiro atoms. The Morgan fingerprint density at radius 3 is 2.38 bits per heavy atom. The van der Waals surface area contributed by atoms with Crippen molar-refractivity contribution in [3.8, 4) is 0 Å². The molecule has 0 saturated carbocycles. The molecule has 2 saturated heterocycles. The van der Waals surface area contributed by atoms with Crippen LogP contribution in [0, 0.1) is 5.92 Å². The highest BCUT2D eigenvalue weighted by atomic mass is 15.2. The summed E-state index contributed by atoms with van der Waals surface area (Å²) in [5.74, 6) is 0.930. The normalized spacial score (nSPS) is 42.2. The van der Waals surface area contributed by atoms with Crippen LogP contribution in [0.1, 0.15) is 52.9 Å². The Bertz CT molecular complexity index is 207. The van der Waals surface area contributed by atoms with Gasteiger partial charge in [-0.2, -0.15) is 0 Å². The minimum Gasteiger partial charge on any atom is -0.314 e. The molecule has 0 bridgehead atoms. The van der Waals surface area contributed by atoms with Crippen molar-refractivity contribution in [2.75, 3.05) is 13.1 Å². The topological polar surface area (TPSA) is 15.3 Å². The molecule has 2 nitrogen and oxygen atoms in total. The highest BCUT2D eigenvalue weighted by Gasteiger charge is 2.28. The van der Waals surface area contributed by atoms with Gasteiger partial charge in [-0.3, -0.25) is 4.90 Å². The second-order valence-corrected chi connectivity index (χ2v) is 6.07. The molecule has 16 heavy (non-hydrogen) atoms. The quantitative estimate of drug-likeness (QED) is 0.776. The second kappa shape index (κ2) is 5.50. The van der Waals surface area contributed by atoms with Crippen LogP contribution in [0.3, 0.4) is 0 Å².